The van der Waals surface area contributed by atoms with Gasteiger partial charge in [-0.1, -0.05) is 94.3 Å². The van der Waals surface area contributed by atoms with Crippen LogP contribution in [0.3, 0.4) is 0 Å². The Balaban J connectivity index is 0.00000121. The van der Waals surface area contributed by atoms with Crippen LogP contribution >= 0.6 is 0 Å². The largest absolute Gasteiger partial charge is 0.485 e. The van der Waals surface area contributed by atoms with Crippen molar-refractivity contribution in [2.24, 2.45) is 0 Å². The quantitative estimate of drug-likeness (QED) is 0.242. The first-order chi connectivity index (χ1) is 18.0. The number of carbonyl (C=O) groups is 1. The van der Waals surface area contributed by atoms with Crippen molar-refractivity contribution < 1.29 is 9.53 Å². The van der Waals surface area contributed by atoms with Gasteiger partial charge in [0.05, 0.1) is 5.57 Å². The Labute approximate surface area is 224 Å². The zero-order valence-electron chi connectivity index (χ0n) is 23.6. The zero-order chi connectivity index (χ0) is 26.7. The van der Waals surface area contributed by atoms with E-state index in [2.05, 4.69) is 62.5 Å². The van der Waals surface area contributed by atoms with Crippen LogP contribution in [0, 0.1) is 0 Å². The number of rotatable bonds is 7. The Morgan fingerprint density at radius 1 is 1.00 bits per heavy atom. The molecule has 2 heterocycles. The van der Waals surface area contributed by atoms with E-state index in [1.165, 1.54) is 17.5 Å². The van der Waals surface area contributed by atoms with Gasteiger partial charge in [0, 0.05) is 25.2 Å². The molecule has 4 nitrogen and oxygen atoms in total. The van der Waals surface area contributed by atoms with E-state index >= 15 is 0 Å². The Morgan fingerprint density at radius 3 is 2.27 bits per heavy atom. The van der Waals surface area contributed by atoms with E-state index in [0.29, 0.717) is 11.3 Å². The summed E-state index contributed by atoms with van der Waals surface area (Å²) in [6.07, 6.45) is 9.89. The number of ether oxygens (including phenoxy) is 1. The summed E-state index contributed by atoms with van der Waals surface area (Å²) in [5, 5.41) is 3.80. The fraction of sp³-hybridized carbons (Fsp3) is 0.485. The number of likely N-dealkylation sites (tertiary alicyclic amines) is 1. The lowest BCUT2D eigenvalue weighted by atomic mass is 9.76. The van der Waals surface area contributed by atoms with Crippen LogP contribution < -0.4 is 5.32 Å². The average molecular weight is 503 g/mol. The summed E-state index contributed by atoms with van der Waals surface area (Å²) in [5.74, 6) is 0.745. The minimum Gasteiger partial charge on any atom is -0.485 e. The topological polar surface area (TPSA) is 41.6 Å². The third-order valence-electron chi connectivity index (χ3n) is 7.33. The lowest BCUT2D eigenvalue weighted by molar-refractivity contribution is -0.129. The summed E-state index contributed by atoms with van der Waals surface area (Å²) in [6, 6.07) is 19.1. The van der Waals surface area contributed by atoms with Gasteiger partial charge in [0.15, 0.2) is 0 Å². The minimum atomic E-state index is -0.0623. The van der Waals surface area contributed by atoms with Gasteiger partial charge >= 0.3 is 0 Å². The van der Waals surface area contributed by atoms with Gasteiger partial charge in [0.25, 0.3) is 5.91 Å². The molecule has 4 rings (SSSR count). The van der Waals surface area contributed by atoms with Crippen molar-refractivity contribution in [1.29, 1.82) is 0 Å². The lowest BCUT2D eigenvalue weighted by Gasteiger charge is -2.46. The zero-order valence-corrected chi connectivity index (χ0v) is 23.6. The van der Waals surface area contributed by atoms with Crippen LogP contribution in [0.15, 0.2) is 78.1 Å². The van der Waals surface area contributed by atoms with Gasteiger partial charge in [-0.25, -0.2) is 0 Å². The summed E-state index contributed by atoms with van der Waals surface area (Å²) in [6.45, 7) is 12.8. The number of piperidine rings is 1. The summed E-state index contributed by atoms with van der Waals surface area (Å²) >= 11 is 0. The molecule has 2 aromatic carbocycles. The van der Waals surface area contributed by atoms with Gasteiger partial charge in [-0.3, -0.25) is 4.79 Å². The molecule has 0 aromatic heterocycles. The molecular weight excluding hydrogens is 456 g/mol. The Kier molecular flexibility index (Phi) is 11.0. The van der Waals surface area contributed by atoms with Crippen LogP contribution in [0.1, 0.15) is 89.5 Å². The van der Waals surface area contributed by atoms with Gasteiger partial charge in [-0.05, 0) is 62.3 Å². The molecule has 1 amide bonds. The number of benzene rings is 2. The SMILES string of the molecule is C/C=C(OC(CCC)c1ccccc1)\C(=C/C)C(=O)N1CCC2(CC1)NCCc1ccccc12.CCC. The van der Waals surface area contributed by atoms with E-state index in [1.54, 1.807) is 0 Å². The normalized spacial score (nSPS) is 17.9. The highest BCUT2D eigenvalue weighted by Gasteiger charge is 2.40. The average Bonchev–Trinajstić information content (AvgIpc) is 2.94. The number of hydrogen-bond donors (Lipinski definition) is 1. The summed E-state index contributed by atoms with van der Waals surface area (Å²) < 4.78 is 6.48. The van der Waals surface area contributed by atoms with Crippen molar-refractivity contribution in [2.45, 2.75) is 84.8 Å². The first-order valence-electron chi connectivity index (χ1n) is 14.2. The molecule has 1 atom stereocenters. The molecule has 0 radical (unpaired) electrons. The van der Waals surface area contributed by atoms with Crippen molar-refractivity contribution in [3.8, 4) is 0 Å². The van der Waals surface area contributed by atoms with Gasteiger partial charge in [0.1, 0.15) is 11.9 Å². The molecule has 2 aliphatic heterocycles. The number of nitrogens with zero attached hydrogens (tertiary/aromatic N) is 1. The molecule has 1 fully saturated rings. The number of nitrogens with one attached hydrogen (secondary N) is 1. The lowest BCUT2D eigenvalue weighted by Crippen LogP contribution is -2.55. The van der Waals surface area contributed by atoms with Crippen molar-refractivity contribution in [2.75, 3.05) is 19.6 Å². The Bertz CT molecular complexity index is 1050. The fourth-order valence-corrected chi connectivity index (χ4v) is 5.48. The van der Waals surface area contributed by atoms with Gasteiger partial charge in [0.2, 0.25) is 0 Å². The number of hydrogen-bond acceptors (Lipinski definition) is 3. The second-order valence-electron chi connectivity index (χ2n) is 10.1. The van der Waals surface area contributed by atoms with Crippen LogP contribution in [-0.4, -0.2) is 30.4 Å². The van der Waals surface area contributed by atoms with E-state index in [0.717, 1.165) is 57.3 Å². The highest BCUT2D eigenvalue weighted by molar-refractivity contribution is 5.97. The maximum absolute atomic E-state index is 13.6. The molecule has 2 aliphatic rings. The highest BCUT2D eigenvalue weighted by Crippen LogP contribution is 2.38. The molecule has 200 valence electrons. The summed E-state index contributed by atoms with van der Waals surface area (Å²) in [7, 11) is 0. The number of carbonyl (C=O) groups excluding carboxylic acids is 1. The van der Waals surface area contributed by atoms with Crippen LogP contribution in [-0.2, 0) is 21.5 Å². The predicted molar refractivity (Wildman–Crippen MR) is 154 cm³/mol. The summed E-state index contributed by atoms with van der Waals surface area (Å²) in [5.41, 5.74) is 4.66. The molecule has 0 bridgehead atoms. The van der Waals surface area contributed by atoms with E-state index in [9.17, 15) is 4.79 Å². The Morgan fingerprint density at radius 2 is 1.65 bits per heavy atom. The van der Waals surface area contributed by atoms with Crippen LogP contribution in [0.25, 0.3) is 0 Å². The maximum atomic E-state index is 13.6. The van der Waals surface area contributed by atoms with Crippen LogP contribution in [0.2, 0.25) is 0 Å². The van der Waals surface area contributed by atoms with E-state index < -0.39 is 0 Å². The predicted octanol–water partition coefficient (Wildman–Crippen LogP) is 7.47. The molecule has 0 saturated carbocycles. The molecule has 1 N–H and O–H groups in total. The molecule has 1 saturated heterocycles. The number of amides is 1. The standard InChI is InChI=1S/C30H38N2O2.C3H8/c1-4-12-28(24-14-8-7-9-15-24)34-27(6-3)25(5-2)29(33)32-21-18-30(19-22-32)26-16-11-10-13-23(26)17-20-31-30;1-3-2/h5-11,13-16,28,31H,4,12,17-22H2,1-3H3;3H2,1-2H3/b25-5+,27-6+;. The van der Waals surface area contributed by atoms with E-state index in [4.69, 9.17) is 4.74 Å². The van der Waals surface area contributed by atoms with Crippen molar-refractivity contribution >= 4 is 5.91 Å². The first-order valence-corrected chi connectivity index (χ1v) is 14.2. The highest BCUT2D eigenvalue weighted by atomic mass is 16.5. The fourth-order valence-electron chi connectivity index (χ4n) is 5.48. The molecule has 4 heteroatoms. The smallest absolute Gasteiger partial charge is 0.257 e. The molecular formula is C33H46N2O2. The second-order valence-corrected chi connectivity index (χ2v) is 10.1. The first kappa shape index (κ1) is 28.7. The van der Waals surface area contributed by atoms with Gasteiger partial charge in [-0.2, -0.15) is 0 Å². The minimum absolute atomic E-state index is 0.0127. The van der Waals surface area contributed by atoms with Crippen LogP contribution in [0.4, 0.5) is 0 Å². The molecule has 1 unspecified atom stereocenters. The maximum Gasteiger partial charge on any atom is 0.257 e. The third-order valence-corrected chi connectivity index (χ3v) is 7.33. The molecule has 37 heavy (non-hydrogen) atoms. The van der Waals surface area contributed by atoms with Crippen molar-refractivity contribution in [3.05, 3.63) is 94.8 Å². The molecule has 2 aromatic rings. The van der Waals surface area contributed by atoms with E-state index in [-0.39, 0.29) is 17.6 Å². The summed E-state index contributed by atoms with van der Waals surface area (Å²) in [4.78, 5) is 15.6. The Hall–Kier alpha value is -2.85. The van der Waals surface area contributed by atoms with E-state index in [1.807, 2.05) is 49.1 Å². The third kappa shape index (κ3) is 6.93. The van der Waals surface area contributed by atoms with Crippen LogP contribution in [0.5, 0.6) is 0 Å². The monoisotopic (exact) mass is 502 g/mol. The number of fused-ring (bicyclic) bond motifs is 2. The van der Waals surface area contributed by atoms with Crippen molar-refractivity contribution in [3.63, 3.8) is 0 Å². The van der Waals surface area contributed by atoms with Crippen molar-refractivity contribution in [1.82, 2.24) is 10.2 Å². The number of allylic oxidation sites excluding steroid dienone is 2. The molecule has 0 aliphatic carbocycles. The van der Waals surface area contributed by atoms with Gasteiger partial charge in [-0.15, -0.1) is 0 Å². The molecule has 1 spiro atoms. The second kappa shape index (κ2) is 14.2. The van der Waals surface area contributed by atoms with Gasteiger partial charge < -0.3 is 15.0 Å².